The SMILES string of the molecule is Cc1ccc2nc(C)cc(NC(=O)c3cccc(S(=O)(=O)N4CCCC4)c3)c2c1. The molecule has 1 amide bonds. The normalized spacial score (nSPS) is 15.0. The van der Waals surface area contributed by atoms with Crippen LogP contribution in [0, 0.1) is 13.8 Å². The minimum absolute atomic E-state index is 0.152. The van der Waals surface area contributed by atoms with Crippen LogP contribution in [0.25, 0.3) is 10.9 Å². The molecule has 0 unspecified atom stereocenters. The van der Waals surface area contributed by atoms with Gasteiger partial charge in [0.1, 0.15) is 0 Å². The average Bonchev–Trinajstić information content (AvgIpc) is 3.24. The van der Waals surface area contributed by atoms with Gasteiger partial charge in [-0.25, -0.2) is 8.42 Å². The van der Waals surface area contributed by atoms with Crippen molar-refractivity contribution in [3.63, 3.8) is 0 Å². The van der Waals surface area contributed by atoms with E-state index in [0.29, 0.717) is 24.3 Å². The van der Waals surface area contributed by atoms with E-state index in [1.807, 2.05) is 38.1 Å². The molecule has 0 aliphatic carbocycles. The van der Waals surface area contributed by atoms with Crippen molar-refractivity contribution in [3.05, 3.63) is 65.4 Å². The summed E-state index contributed by atoms with van der Waals surface area (Å²) < 4.78 is 27.1. The first-order valence-corrected chi connectivity index (χ1v) is 11.1. The number of rotatable bonds is 4. The molecule has 2 aromatic carbocycles. The standard InChI is InChI=1S/C22H23N3O3S/c1-15-8-9-20-19(12-15)21(13-16(2)23-20)24-22(26)17-6-5-7-18(14-17)29(27,28)25-10-3-4-11-25/h5-9,12-14H,3-4,10-11H2,1-2H3,(H,23,24,26). The van der Waals surface area contributed by atoms with E-state index in [0.717, 1.165) is 35.0 Å². The third-order valence-corrected chi connectivity index (χ3v) is 7.03. The predicted octanol–water partition coefficient (Wildman–Crippen LogP) is 3.89. The van der Waals surface area contributed by atoms with Crippen LogP contribution in [0.15, 0.2) is 53.4 Å². The number of carbonyl (C=O) groups excluding carboxylic acids is 1. The largest absolute Gasteiger partial charge is 0.321 e. The topological polar surface area (TPSA) is 79.4 Å². The quantitative estimate of drug-likeness (QED) is 0.709. The van der Waals surface area contributed by atoms with E-state index >= 15 is 0 Å². The third-order valence-electron chi connectivity index (χ3n) is 5.14. The lowest BCUT2D eigenvalue weighted by Crippen LogP contribution is -2.28. The van der Waals surface area contributed by atoms with E-state index in [9.17, 15) is 13.2 Å². The Morgan fingerprint density at radius 3 is 2.55 bits per heavy atom. The molecule has 0 saturated carbocycles. The number of pyridine rings is 1. The molecule has 2 heterocycles. The second-order valence-electron chi connectivity index (χ2n) is 7.42. The van der Waals surface area contributed by atoms with Crippen LogP contribution in [-0.4, -0.2) is 36.7 Å². The van der Waals surface area contributed by atoms with Gasteiger partial charge in [0.2, 0.25) is 10.0 Å². The number of sulfonamides is 1. The number of carbonyl (C=O) groups is 1. The van der Waals surface area contributed by atoms with Gasteiger partial charge in [0.25, 0.3) is 5.91 Å². The average molecular weight is 410 g/mol. The van der Waals surface area contributed by atoms with Crippen LogP contribution < -0.4 is 5.32 Å². The van der Waals surface area contributed by atoms with Crippen molar-refractivity contribution < 1.29 is 13.2 Å². The summed E-state index contributed by atoms with van der Waals surface area (Å²) in [6, 6.07) is 13.9. The number of aryl methyl sites for hydroxylation is 2. The van der Waals surface area contributed by atoms with Crippen molar-refractivity contribution in [1.29, 1.82) is 0 Å². The molecule has 0 radical (unpaired) electrons. The summed E-state index contributed by atoms with van der Waals surface area (Å²) in [4.78, 5) is 17.6. The molecule has 7 heteroatoms. The summed E-state index contributed by atoms with van der Waals surface area (Å²) in [7, 11) is -3.57. The Labute approximate surface area is 170 Å². The first-order valence-electron chi connectivity index (χ1n) is 9.64. The highest BCUT2D eigenvalue weighted by Gasteiger charge is 2.27. The first-order chi connectivity index (χ1) is 13.8. The molecule has 1 fully saturated rings. The number of hydrogen-bond donors (Lipinski definition) is 1. The highest BCUT2D eigenvalue weighted by Crippen LogP contribution is 2.26. The Kier molecular flexibility index (Phi) is 5.10. The fourth-order valence-electron chi connectivity index (χ4n) is 3.65. The number of hydrogen-bond acceptors (Lipinski definition) is 4. The minimum Gasteiger partial charge on any atom is -0.321 e. The summed E-state index contributed by atoms with van der Waals surface area (Å²) in [5.41, 5.74) is 3.63. The van der Waals surface area contributed by atoms with E-state index in [1.54, 1.807) is 18.2 Å². The molecule has 1 N–H and O–H groups in total. The van der Waals surface area contributed by atoms with Gasteiger partial charge in [-0.05, 0) is 63.1 Å². The predicted molar refractivity (Wildman–Crippen MR) is 114 cm³/mol. The van der Waals surface area contributed by atoms with Crippen LogP contribution in [0.2, 0.25) is 0 Å². The van der Waals surface area contributed by atoms with E-state index in [-0.39, 0.29) is 10.8 Å². The number of amides is 1. The van der Waals surface area contributed by atoms with E-state index in [1.165, 1.54) is 10.4 Å². The molecular formula is C22H23N3O3S. The van der Waals surface area contributed by atoms with Gasteiger partial charge in [-0.15, -0.1) is 0 Å². The molecule has 0 bridgehead atoms. The lowest BCUT2D eigenvalue weighted by atomic mass is 10.1. The molecule has 0 atom stereocenters. The Morgan fingerprint density at radius 2 is 1.79 bits per heavy atom. The zero-order chi connectivity index (χ0) is 20.6. The molecule has 1 aliphatic heterocycles. The molecule has 3 aromatic rings. The lowest BCUT2D eigenvalue weighted by Gasteiger charge is -2.16. The minimum atomic E-state index is -3.57. The second kappa shape index (κ2) is 7.57. The van der Waals surface area contributed by atoms with Crippen molar-refractivity contribution in [2.45, 2.75) is 31.6 Å². The summed E-state index contributed by atoms with van der Waals surface area (Å²) >= 11 is 0. The number of anilines is 1. The smallest absolute Gasteiger partial charge is 0.255 e. The molecule has 1 aliphatic rings. The zero-order valence-electron chi connectivity index (χ0n) is 16.5. The van der Waals surface area contributed by atoms with Crippen LogP contribution in [0.5, 0.6) is 0 Å². The Hall–Kier alpha value is -2.77. The number of nitrogens with one attached hydrogen (secondary N) is 1. The molecule has 29 heavy (non-hydrogen) atoms. The lowest BCUT2D eigenvalue weighted by molar-refractivity contribution is 0.102. The Morgan fingerprint density at radius 1 is 1.03 bits per heavy atom. The molecule has 1 aromatic heterocycles. The summed E-state index contributed by atoms with van der Waals surface area (Å²) in [5.74, 6) is -0.350. The molecule has 4 rings (SSSR count). The van der Waals surface area contributed by atoms with E-state index < -0.39 is 10.0 Å². The number of nitrogens with zero attached hydrogens (tertiary/aromatic N) is 2. The first kappa shape index (κ1) is 19.5. The highest BCUT2D eigenvalue weighted by molar-refractivity contribution is 7.89. The van der Waals surface area contributed by atoms with Gasteiger partial charge in [0, 0.05) is 29.7 Å². The van der Waals surface area contributed by atoms with Gasteiger partial charge in [0.15, 0.2) is 0 Å². The monoisotopic (exact) mass is 409 g/mol. The highest BCUT2D eigenvalue weighted by atomic mass is 32.2. The molecule has 0 spiro atoms. The Balaban J connectivity index is 1.66. The fourth-order valence-corrected chi connectivity index (χ4v) is 5.21. The van der Waals surface area contributed by atoms with Crippen LogP contribution >= 0.6 is 0 Å². The maximum Gasteiger partial charge on any atom is 0.255 e. The second-order valence-corrected chi connectivity index (χ2v) is 9.36. The van der Waals surface area contributed by atoms with Crippen LogP contribution in [0.3, 0.4) is 0 Å². The maximum atomic E-state index is 12.9. The van der Waals surface area contributed by atoms with E-state index in [2.05, 4.69) is 10.3 Å². The van der Waals surface area contributed by atoms with Gasteiger partial charge in [-0.3, -0.25) is 9.78 Å². The maximum absolute atomic E-state index is 12.9. The summed E-state index contributed by atoms with van der Waals surface area (Å²) in [6.45, 7) is 4.91. The van der Waals surface area contributed by atoms with Gasteiger partial charge < -0.3 is 5.32 Å². The molecule has 1 saturated heterocycles. The van der Waals surface area contributed by atoms with Crippen LogP contribution in [-0.2, 0) is 10.0 Å². The number of benzene rings is 2. The molecule has 6 nitrogen and oxygen atoms in total. The molecule has 150 valence electrons. The summed E-state index contributed by atoms with van der Waals surface area (Å²) in [5, 5.41) is 3.78. The van der Waals surface area contributed by atoms with Crippen molar-refractivity contribution >= 4 is 32.5 Å². The fraction of sp³-hybridized carbons (Fsp3) is 0.273. The van der Waals surface area contributed by atoms with Crippen molar-refractivity contribution in [3.8, 4) is 0 Å². The third kappa shape index (κ3) is 3.88. The summed E-state index contributed by atoms with van der Waals surface area (Å²) in [6.07, 6.45) is 1.74. The van der Waals surface area contributed by atoms with Gasteiger partial charge >= 0.3 is 0 Å². The van der Waals surface area contributed by atoms with Gasteiger partial charge in [-0.1, -0.05) is 17.7 Å². The number of aromatic nitrogens is 1. The molecular weight excluding hydrogens is 386 g/mol. The van der Waals surface area contributed by atoms with E-state index in [4.69, 9.17) is 0 Å². The van der Waals surface area contributed by atoms with Crippen LogP contribution in [0.4, 0.5) is 5.69 Å². The van der Waals surface area contributed by atoms with Crippen molar-refractivity contribution in [2.24, 2.45) is 0 Å². The van der Waals surface area contributed by atoms with Crippen LogP contribution in [0.1, 0.15) is 34.5 Å². The van der Waals surface area contributed by atoms with Gasteiger partial charge in [0.05, 0.1) is 16.1 Å². The van der Waals surface area contributed by atoms with Gasteiger partial charge in [-0.2, -0.15) is 4.31 Å². The van der Waals surface area contributed by atoms with Crippen molar-refractivity contribution in [1.82, 2.24) is 9.29 Å². The Bertz CT molecular complexity index is 1200. The zero-order valence-corrected chi connectivity index (χ0v) is 17.3. The number of fused-ring (bicyclic) bond motifs is 1. The van der Waals surface area contributed by atoms with Crippen molar-refractivity contribution in [2.75, 3.05) is 18.4 Å².